The molecule has 8 nitrogen and oxygen atoms in total. The van der Waals surface area contributed by atoms with Gasteiger partial charge in [0.05, 0.1) is 10.3 Å². The summed E-state index contributed by atoms with van der Waals surface area (Å²) in [7, 11) is 1.49. The summed E-state index contributed by atoms with van der Waals surface area (Å²) in [6.45, 7) is 1.63. The Kier molecular flexibility index (Phi) is 4.28. The van der Waals surface area contributed by atoms with E-state index < -0.39 is 12.1 Å². The second-order valence-electron chi connectivity index (χ2n) is 5.79. The first-order valence-corrected chi connectivity index (χ1v) is 8.97. The van der Waals surface area contributed by atoms with Crippen LogP contribution in [0.2, 0.25) is 0 Å². The van der Waals surface area contributed by atoms with Crippen LogP contribution in [0.1, 0.15) is 29.4 Å². The number of hydrogen-bond acceptors (Lipinski definition) is 8. The van der Waals surface area contributed by atoms with E-state index in [0.29, 0.717) is 16.7 Å². The highest BCUT2D eigenvalue weighted by atomic mass is 32.1. The maximum atomic E-state index is 12.7. The summed E-state index contributed by atoms with van der Waals surface area (Å²) in [5, 5.41) is 14.7. The highest BCUT2D eigenvalue weighted by Crippen LogP contribution is 2.26. The third-order valence-corrected chi connectivity index (χ3v) is 4.81. The number of aryl methyl sites for hydroxylation is 1. The third-order valence-electron chi connectivity index (χ3n) is 3.95. The topological polar surface area (TPSA) is 100 Å². The van der Waals surface area contributed by atoms with Gasteiger partial charge in [-0.2, -0.15) is 5.10 Å². The quantitative estimate of drug-likeness (QED) is 0.500. The lowest BCUT2D eigenvalue weighted by atomic mass is 10.1. The van der Waals surface area contributed by atoms with E-state index in [9.17, 15) is 9.59 Å². The van der Waals surface area contributed by atoms with E-state index in [-0.39, 0.29) is 17.1 Å². The number of esters is 1. The first-order chi connectivity index (χ1) is 13.0. The van der Waals surface area contributed by atoms with Crippen molar-refractivity contribution in [2.24, 2.45) is 7.05 Å². The number of rotatable bonds is 4. The summed E-state index contributed by atoms with van der Waals surface area (Å²) < 4.78 is 12.2. The number of carbonyl (C=O) groups excluding carboxylic acids is 1. The van der Waals surface area contributed by atoms with Gasteiger partial charge in [0.25, 0.3) is 17.3 Å². The van der Waals surface area contributed by atoms with Gasteiger partial charge in [0.15, 0.2) is 11.8 Å². The number of aromatic nitrogens is 4. The number of fused-ring (bicyclic) bond motifs is 1. The van der Waals surface area contributed by atoms with Gasteiger partial charge in [-0.3, -0.25) is 4.79 Å². The van der Waals surface area contributed by atoms with Crippen LogP contribution in [0.3, 0.4) is 0 Å². The molecule has 0 bridgehead atoms. The predicted octanol–water partition coefficient (Wildman–Crippen LogP) is 2.96. The number of thiophene rings is 1. The molecule has 0 saturated heterocycles. The first-order valence-electron chi connectivity index (χ1n) is 8.09. The smallest absolute Gasteiger partial charge is 0.360 e. The van der Waals surface area contributed by atoms with Crippen LogP contribution in [0.4, 0.5) is 0 Å². The third kappa shape index (κ3) is 3.13. The van der Waals surface area contributed by atoms with Crippen molar-refractivity contribution in [3.05, 3.63) is 63.7 Å². The van der Waals surface area contributed by atoms with Crippen molar-refractivity contribution in [3.8, 4) is 10.8 Å². The van der Waals surface area contributed by atoms with Crippen molar-refractivity contribution >= 4 is 28.1 Å². The number of ether oxygens (including phenoxy) is 1. The van der Waals surface area contributed by atoms with Gasteiger partial charge in [-0.25, -0.2) is 9.48 Å². The minimum absolute atomic E-state index is 0.0533. The number of nitrogens with zero attached hydrogens (tertiary/aromatic N) is 4. The summed E-state index contributed by atoms with van der Waals surface area (Å²) >= 11 is 1.47. The van der Waals surface area contributed by atoms with Crippen LogP contribution in [0.5, 0.6) is 0 Å². The Hall–Kier alpha value is -3.33. The zero-order valence-electron chi connectivity index (χ0n) is 14.4. The Morgan fingerprint density at radius 1 is 1.19 bits per heavy atom. The Morgan fingerprint density at radius 3 is 2.70 bits per heavy atom. The Bertz CT molecular complexity index is 1180. The van der Waals surface area contributed by atoms with Crippen LogP contribution < -0.4 is 5.56 Å². The highest BCUT2D eigenvalue weighted by molar-refractivity contribution is 7.13. The average molecular weight is 382 g/mol. The van der Waals surface area contributed by atoms with Crippen molar-refractivity contribution in [1.82, 2.24) is 20.0 Å². The van der Waals surface area contributed by atoms with Crippen LogP contribution in [-0.2, 0) is 11.8 Å². The number of benzene rings is 1. The molecular weight excluding hydrogens is 368 g/mol. The van der Waals surface area contributed by atoms with E-state index in [1.165, 1.54) is 18.4 Å². The van der Waals surface area contributed by atoms with Gasteiger partial charge in [-0.1, -0.05) is 24.3 Å². The molecule has 0 aliphatic carbocycles. The van der Waals surface area contributed by atoms with Crippen LogP contribution in [0.15, 0.2) is 51.0 Å². The Morgan fingerprint density at radius 2 is 1.96 bits per heavy atom. The molecule has 0 unspecified atom stereocenters. The molecule has 1 atom stereocenters. The molecule has 4 rings (SSSR count). The highest BCUT2D eigenvalue weighted by Gasteiger charge is 2.23. The summed E-state index contributed by atoms with van der Waals surface area (Å²) in [5.41, 5.74) is -0.231. The second kappa shape index (κ2) is 6.76. The molecule has 0 saturated carbocycles. The van der Waals surface area contributed by atoms with Crippen molar-refractivity contribution in [2.75, 3.05) is 0 Å². The molecule has 1 aromatic carbocycles. The lowest BCUT2D eigenvalue weighted by Gasteiger charge is -2.11. The lowest BCUT2D eigenvalue weighted by molar-refractivity contribution is 0.0273. The first kappa shape index (κ1) is 17.1. The molecule has 9 heteroatoms. The molecule has 136 valence electrons. The van der Waals surface area contributed by atoms with E-state index in [2.05, 4.69) is 15.3 Å². The number of carbonyl (C=O) groups is 1. The SMILES string of the molecule is C[C@H](OC(=O)c1nn(C)c(=O)c2ccccc12)c1nnc(-c2cccs2)o1. The molecule has 0 N–H and O–H groups in total. The molecule has 3 heterocycles. The summed E-state index contributed by atoms with van der Waals surface area (Å²) in [4.78, 5) is 25.7. The summed E-state index contributed by atoms with van der Waals surface area (Å²) in [5.74, 6) is -0.125. The standard InChI is InChI=1S/C18H14N4O4S/c1-10(15-19-20-16(26-15)13-8-5-9-27-13)25-18(24)14-11-6-3-4-7-12(11)17(23)22(2)21-14/h3-10H,1-2H3/t10-/m0/s1. The van der Waals surface area contributed by atoms with E-state index >= 15 is 0 Å². The van der Waals surface area contributed by atoms with Gasteiger partial charge in [0.2, 0.25) is 0 Å². The Labute approximate surface area is 157 Å². The summed E-state index contributed by atoms with van der Waals surface area (Å²) in [6, 6.07) is 10.5. The van der Waals surface area contributed by atoms with Crippen molar-refractivity contribution in [2.45, 2.75) is 13.0 Å². The minimum atomic E-state index is -0.767. The lowest BCUT2D eigenvalue weighted by Crippen LogP contribution is -2.24. The molecule has 0 fully saturated rings. The predicted molar refractivity (Wildman–Crippen MR) is 98.4 cm³/mol. The zero-order chi connectivity index (χ0) is 19.0. The van der Waals surface area contributed by atoms with Crippen LogP contribution in [0.25, 0.3) is 21.5 Å². The average Bonchev–Trinajstić information content (AvgIpc) is 3.36. The van der Waals surface area contributed by atoms with Gasteiger partial charge in [-0.05, 0) is 24.4 Å². The second-order valence-corrected chi connectivity index (χ2v) is 6.74. The fourth-order valence-electron chi connectivity index (χ4n) is 2.62. The van der Waals surface area contributed by atoms with E-state index in [0.717, 1.165) is 9.56 Å². The van der Waals surface area contributed by atoms with E-state index in [1.807, 2.05) is 17.5 Å². The molecule has 0 radical (unpaired) electrons. The zero-order valence-corrected chi connectivity index (χ0v) is 15.3. The molecule has 0 aliphatic rings. The molecule has 0 aliphatic heterocycles. The van der Waals surface area contributed by atoms with Gasteiger partial charge in [0, 0.05) is 12.4 Å². The van der Waals surface area contributed by atoms with E-state index in [4.69, 9.17) is 9.15 Å². The maximum absolute atomic E-state index is 12.7. The number of hydrogen-bond donors (Lipinski definition) is 0. The minimum Gasteiger partial charge on any atom is -0.448 e. The normalized spacial score (nSPS) is 12.2. The molecule has 0 spiro atoms. The van der Waals surface area contributed by atoms with E-state index in [1.54, 1.807) is 31.2 Å². The fraction of sp³-hybridized carbons (Fsp3) is 0.167. The molecule has 4 aromatic rings. The summed E-state index contributed by atoms with van der Waals surface area (Å²) in [6.07, 6.45) is -0.767. The van der Waals surface area contributed by atoms with Gasteiger partial charge >= 0.3 is 5.97 Å². The molecule has 27 heavy (non-hydrogen) atoms. The maximum Gasteiger partial charge on any atom is 0.360 e. The molecule has 3 aromatic heterocycles. The van der Waals surface area contributed by atoms with Crippen LogP contribution in [-0.4, -0.2) is 25.9 Å². The monoisotopic (exact) mass is 382 g/mol. The largest absolute Gasteiger partial charge is 0.448 e. The van der Waals surface area contributed by atoms with Crippen molar-refractivity contribution in [1.29, 1.82) is 0 Å². The molecule has 0 amide bonds. The van der Waals surface area contributed by atoms with Crippen molar-refractivity contribution < 1.29 is 13.9 Å². The van der Waals surface area contributed by atoms with Crippen LogP contribution >= 0.6 is 11.3 Å². The fourth-order valence-corrected chi connectivity index (χ4v) is 3.26. The van der Waals surface area contributed by atoms with Gasteiger partial charge in [0.1, 0.15) is 0 Å². The van der Waals surface area contributed by atoms with Crippen LogP contribution in [0, 0.1) is 0 Å². The van der Waals surface area contributed by atoms with Gasteiger partial charge < -0.3 is 9.15 Å². The van der Waals surface area contributed by atoms with Gasteiger partial charge in [-0.15, -0.1) is 21.5 Å². The van der Waals surface area contributed by atoms with Crippen molar-refractivity contribution in [3.63, 3.8) is 0 Å². The molecular formula is C18H14N4O4S. The Balaban J connectivity index is 1.62.